The summed E-state index contributed by atoms with van der Waals surface area (Å²) in [6.45, 7) is 16.0. The van der Waals surface area contributed by atoms with E-state index in [0.29, 0.717) is 35.5 Å². The van der Waals surface area contributed by atoms with Crippen molar-refractivity contribution in [1.82, 2.24) is 0 Å². The summed E-state index contributed by atoms with van der Waals surface area (Å²) in [5.74, 6) is 2.60. The molecule has 8 nitrogen and oxygen atoms in total. The van der Waals surface area contributed by atoms with Gasteiger partial charge in [0.2, 0.25) is 0 Å². The highest BCUT2D eigenvalue weighted by Gasteiger charge is 2.64. The Morgan fingerprint density at radius 2 is 0.897 bits per heavy atom. The third kappa shape index (κ3) is 7.45. The lowest BCUT2D eigenvalue weighted by atomic mass is 9.47. The van der Waals surface area contributed by atoms with Crippen molar-refractivity contribution in [2.45, 2.75) is 180 Å². The standard InChI is InChI=1S/C46H66O8S4/c1-25(47)51-31-21-29-9-11-33-35-13-15-39(53-27(3)49)43(35,5)19-17-37(33)45(29,7)41(23-31)55-57-58-56-42-24-32(52-26(2)48)22-30-10-12-34-36-14-16-40(54-28(4)50)44(36,6)20-18-38(34)46(30,42)8/h21-22,31-42H,9-20,23-24H2,1-8H3/t31-,32-,33-,34-,35-,36-,37-,38-,39-,40-,41-,42-,43-,44-,45-,46-/m0/s1. The van der Waals surface area contributed by atoms with Crippen molar-refractivity contribution in [2.24, 2.45) is 57.2 Å². The van der Waals surface area contributed by atoms with Gasteiger partial charge in [-0.15, -0.1) is 0 Å². The molecule has 0 unspecified atom stereocenters. The van der Waals surface area contributed by atoms with Crippen LogP contribution in [0.5, 0.6) is 0 Å². The molecule has 0 heterocycles. The van der Waals surface area contributed by atoms with E-state index >= 15 is 0 Å². The summed E-state index contributed by atoms with van der Waals surface area (Å²) < 4.78 is 23.8. The van der Waals surface area contributed by atoms with Gasteiger partial charge < -0.3 is 18.9 Å². The van der Waals surface area contributed by atoms with Crippen molar-refractivity contribution < 1.29 is 38.1 Å². The minimum atomic E-state index is -0.221. The monoisotopic (exact) mass is 874 g/mol. The van der Waals surface area contributed by atoms with Crippen LogP contribution in [0.3, 0.4) is 0 Å². The molecule has 12 heteroatoms. The number of hydrogen-bond acceptors (Lipinski definition) is 12. The summed E-state index contributed by atoms with van der Waals surface area (Å²) in [5.41, 5.74) is 3.00. The predicted molar refractivity (Wildman–Crippen MR) is 234 cm³/mol. The topological polar surface area (TPSA) is 105 Å². The molecule has 58 heavy (non-hydrogen) atoms. The number of carbonyl (C=O) groups is 4. The molecule has 8 aliphatic rings. The van der Waals surface area contributed by atoms with Gasteiger partial charge in [-0.1, -0.05) is 60.4 Å². The Morgan fingerprint density at radius 3 is 1.26 bits per heavy atom. The third-order valence-electron chi connectivity index (χ3n) is 17.7. The normalized spacial score (nSPS) is 46.3. The molecule has 8 aliphatic carbocycles. The molecule has 0 radical (unpaired) electrons. The van der Waals surface area contributed by atoms with Crippen LogP contribution in [0.15, 0.2) is 23.3 Å². The van der Waals surface area contributed by atoms with Crippen molar-refractivity contribution in [3.05, 3.63) is 23.3 Å². The van der Waals surface area contributed by atoms with Gasteiger partial charge in [-0.2, -0.15) is 0 Å². The van der Waals surface area contributed by atoms with E-state index in [2.05, 4.69) is 39.8 Å². The molecule has 8 rings (SSSR count). The second-order valence-electron chi connectivity index (χ2n) is 20.3. The van der Waals surface area contributed by atoms with Gasteiger partial charge >= 0.3 is 23.9 Å². The zero-order chi connectivity index (χ0) is 41.4. The van der Waals surface area contributed by atoms with Gasteiger partial charge in [-0.3, -0.25) is 19.2 Å². The van der Waals surface area contributed by atoms with Gasteiger partial charge in [0.15, 0.2) is 0 Å². The van der Waals surface area contributed by atoms with Crippen LogP contribution in [-0.4, -0.2) is 58.8 Å². The van der Waals surface area contributed by atoms with E-state index < -0.39 is 0 Å². The lowest BCUT2D eigenvalue weighted by Gasteiger charge is -2.60. The van der Waals surface area contributed by atoms with Crippen LogP contribution in [0.4, 0.5) is 0 Å². The fourth-order valence-electron chi connectivity index (χ4n) is 15.1. The number of allylic oxidation sites excluding steroid dienone is 2. The first-order valence-electron chi connectivity index (χ1n) is 22.2. The number of carbonyl (C=O) groups excluding carboxylic acids is 4. The maximum absolute atomic E-state index is 12.3. The minimum absolute atomic E-state index is 0.00690. The summed E-state index contributed by atoms with van der Waals surface area (Å²) >= 11 is 0. The van der Waals surface area contributed by atoms with Crippen LogP contribution in [0.1, 0.15) is 145 Å². The number of esters is 4. The highest BCUT2D eigenvalue weighted by molar-refractivity contribution is 9.26. The summed E-state index contributed by atoms with van der Waals surface area (Å²) in [6.07, 6.45) is 18.8. The van der Waals surface area contributed by atoms with Gasteiger partial charge in [-0.25, -0.2) is 0 Å². The fourth-order valence-corrected chi connectivity index (χ4v) is 23.4. The van der Waals surface area contributed by atoms with Gasteiger partial charge in [0.25, 0.3) is 0 Å². The summed E-state index contributed by atoms with van der Waals surface area (Å²) in [6, 6.07) is 0. The molecule has 6 saturated carbocycles. The minimum Gasteiger partial charge on any atom is -0.462 e. The molecular weight excluding hydrogens is 809 g/mol. The van der Waals surface area contributed by atoms with Crippen molar-refractivity contribution in [1.29, 1.82) is 0 Å². The molecule has 0 amide bonds. The Labute approximate surface area is 362 Å². The lowest BCUT2D eigenvalue weighted by Crippen LogP contribution is -2.55. The van der Waals surface area contributed by atoms with E-state index in [9.17, 15) is 19.2 Å². The average Bonchev–Trinajstić information content (AvgIpc) is 3.65. The van der Waals surface area contributed by atoms with Crippen LogP contribution in [0, 0.1) is 57.2 Å². The van der Waals surface area contributed by atoms with Crippen LogP contribution in [0.25, 0.3) is 0 Å². The molecule has 0 aromatic rings. The Morgan fingerprint density at radius 1 is 0.517 bits per heavy atom. The molecule has 16 atom stereocenters. The number of hydrogen-bond donors (Lipinski definition) is 0. The van der Waals surface area contributed by atoms with Crippen LogP contribution < -0.4 is 0 Å². The third-order valence-corrected chi connectivity index (χ3v) is 25.2. The summed E-state index contributed by atoms with van der Waals surface area (Å²) in [7, 11) is 7.76. The van der Waals surface area contributed by atoms with Crippen molar-refractivity contribution >= 4 is 65.1 Å². The maximum Gasteiger partial charge on any atom is 0.303 e. The molecule has 322 valence electrons. The number of ether oxygens (including phenoxy) is 4. The number of fused-ring (bicyclic) bond motifs is 10. The molecule has 0 spiro atoms. The molecule has 0 aliphatic heterocycles. The van der Waals surface area contributed by atoms with Gasteiger partial charge in [0.05, 0.1) is 0 Å². The second-order valence-corrected chi connectivity index (χ2v) is 26.5. The predicted octanol–water partition coefficient (Wildman–Crippen LogP) is 11.3. The van der Waals surface area contributed by atoms with Gasteiger partial charge in [0, 0.05) is 72.7 Å². The van der Waals surface area contributed by atoms with Gasteiger partial charge in [-0.05, 0) is 144 Å². The summed E-state index contributed by atoms with van der Waals surface area (Å²) in [4.78, 5) is 48.8. The summed E-state index contributed by atoms with van der Waals surface area (Å²) in [5, 5.41) is 0.568. The van der Waals surface area contributed by atoms with Crippen molar-refractivity contribution in [3.63, 3.8) is 0 Å². The first-order valence-corrected chi connectivity index (χ1v) is 27.2. The second kappa shape index (κ2) is 16.5. The molecular formula is C46H66O8S4. The van der Waals surface area contributed by atoms with E-state index in [1.54, 1.807) is 13.8 Å². The SMILES string of the molecule is CC(=O)O[C@H]1CC[C@H]2[C@@H]3CCC4=C[C@H](OC(C)=O)C[C@H](SSSS[C@H]5C[C@@H](OC(C)=O)C=C6CC[C@H]7[C@@H]8CC[C@H](OC(C)=O)[C@@]8(C)CC[C@@H]7[C@]65C)[C@]4(C)[C@H]3CC[C@]12C. The quantitative estimate of drug-likeness (QED) is 0.0724. The Kier molecular flexibility index (Phi) is 12.3. The van der Waals surface area contributed by atoms with E-state index in [1.807, 2.05) is 41.2 Å². The zero-order valence-corrected chi connectivity index (χ0v) is 39.1. The van der Waals surface area contributed by atoms with Gasteiger partial charge in [0.1, 0.15) is 24.4 Å². The fraction of sp³-hybridized carbons (Fsp3) is 0.826. The molecule has 0 saturated heterocycles. The Bertz CT molecular complexity index is 1590. The Balaban J connectivity index is 1.00. The van der Waals surface area contributed by atoms with Crippen molar-refractivity contribution in [2.75, 3.05) is 0 Å². The molecule has 0 aromatic heterocycles. The first-order chi connectivity index (χ1) is 27.5. The van der Waals surface area contributed by atoms with E-state index in [1.165, 1.54) is 25.0 Å². The molecule has 0 bridgehead atoms. The average molecular weight is 875 g/mol. The molecule has 0 aromatic carbocycles. The van der Waals surface area contributed by atoms with Crippen LogP contribution in [0.2, 0.25) is 0 Å². The largest absolute Gasteiger partial charge is 0.462 e. The molecule has 6 fully saturated rings. The Hall–Kier alpha value is -1.24. The highest BCUT2D eigenvalue weighted by Crippen LogP contribution is 2.71. The highest BCUT2D eigenvalue weighted by atomic mass is 33.7. The number of rotatable bonds is 9. The maximum atomic E-state index is 12.3. The van der Waals surface area contributed by atoms with Crippen LogP contribution in [-0.2, 0) is 38.1 Å². The van der Waals surface area contributed by atoms with E-state index in [-0.39, 0.29) is 80.5 Å². The first kappa shape index (κ1) is 43.4. The van der Waals surface area contributed by atoms with Crippen molar-refractivity contribution in [3.8, 4) is 0 Å². The smallest absolute Gasteiger partial charge is 0.303 e. The lowest BCUT2D eigenvalue weighted by molar-refractivity contribution is -0.158. The van der Waals surface area contributed by atoms with E-state index in [4.69, 9.17) is 18.9 Å². The van der Waals surface area contributed by atoms with Crippen LogP contribution >= 0.6 is 41.2 Å². The van der Waals surface area contributed by atoms with E-state index in [0.717, 1.165) is 89.9 Å². The molecule has 0 N–H and O–H groups in total. The zero-order valence-electron chi connectivity index (χ0n) is 35.9.